The Labute approximate surface area is 126 Å². The summed E-state index contributed by atoms with van der Waals surface area (Å²) in [6.45, 7) is 1.95. The van der Waals surface area contributed by atoms with E-state index in [1.165, 1.54) is 12.8 Å². The average molecular weight is 313 g/mol. The Bertz CT molecular complexity index is 579. The molecule has 0 amide bonds. The third kappa shape index (κ3) is 3.48. The maximum atomic E-state index is 6.21. The van der Waals surface area contributed by atoms with Crippen molar-refractivity contribution in [1.29, 1.82) is 0 Å². The highest BCUT2D eigenvalue weighted by atomic mass is 35.5. The second kappa shape index (κ2) is 5.80. The molecule has 0 atom stereocenters. The van der Waals surface area contributed by atoms with Crippen LogP contribution in [0, 0.1) is 5.92 Å². The van der Waals surface area contributed by atoms with Crippen LogP contribution in [0.3, 0.4) is 0 Å². The summed E-state index contributed by atoms with van der Waals surface area (Å²) in [5.41, 5.74) is 0.997. The lowest BCUT2D eigenvalue weighted by atomic mass is 10.2. The number of halogens is 2. The largest absolute Gasteiger partial charge is 0.310 e. The first-order valence-electron chi connectivity index (χ1n) is 6.33. The summed E-state index contributed by atoms with van der Waals surface area (Å²) >= 11 is 13.8. The summed E-state index contributed by atoms with van der Waals surface area (Å²) in [4.78, 5) is 5.53. The predicted molar refractivity (Wildman–Crippen MR) is 82.0 cm³/mol. The van der Waals surface area contributed by atoms with E-state index >= 15 is 0 Å². The summed E-state index contributed by atoms with van der Waals surface area (Å²) in [5, 5.41) is 5.88. The highest BCUT2D eigenvalue weighted by Gasteiger charge is 2.20. The Morgan fingerprint density at radius 2 is 2.16 bits per heavy atom. The number of hydrogen-bond donors (Lipinski definition) is 1. The molecule has 1 N–H and O–H groups in total. The fourth-order valence-electron chi connectivity index (χ4n) is 1.91. The Kier molecular flexibility index (Phi) is 4.08. The second-order valence-corrected chi connectivity index (χ2v) is 6.78. The van der Waals surface area contributed by atoms with Crippen molar-refractivity contribution in [3.05, 3.63) is 39.4 Å². The zero-order valence-corrected chi connectivity index (χ0v) is 12.7. The van der Waals surface area contributed by atoms with E-state index < -0.39 is 0 Å². The van der Waals surface area contributed by atoms with Crippen LogP contribution in [-0.2, 0) is 6.54 Å². The summed E-state index contributed by atoms with van der Waals surface area (Å²) in [6.07, 6.45) is 4.63. The Hall–Kier alpha value is -0.610. The standard InChI is InChI=1S/C14H14Cl2N2S/c15-10-3-4-11(12(16)5-10)13-7-18-14(19-13)8-17-6-9-1-2-9/h3-5,7,9,17H,1-2,6,8H2. The molecule has 2 nitrogen and oxygen atoms in total. The molecule has 5 heteroatoms. The fourth-order valence-corrected chi connectivity index (χ4v) is 3.40. The Morgan fingerprint density at radius 3 is 2.89 bits per heavy atom. The van der Waals surface area contributed by atoms with E-state index in [1.54, 1.807) is 17.4 Å². The summed E-state index contributed by atoms with van der Waals surface area (Å²) < 4.78 is 0. The number of nitrogens with zero attached hydrogens (tertiary/aromatic N) is 1. The van der Waals surface area contributed by atoms with Crippen LogP contribution in [0.4, 0.5) is 0 Å². The van der Waals surface area contributed by atoms with E-state index in [1.807, 2.05) is 18.3 Å². The molecular formula is C14H14Cl2N2S. The zero-order valence-electron chi connectivity index (χ0n) is 10.3. The van der Waals surface area contributed by atoms with Crippen LogP contribution in [0.15, 0.2) is 24.4 Å². The second-order valence-electron chi connectivity index (χ2n) is 4.82. The Morgan fingerprint density at radius 1 is 1.32 bits per heavy atom. The molecule has 3 rings (SSSR count). The predicted octanol–water partition coefficient (Wildman–Crippen LogP) is 4.62. The van der Waals surface area contributed by atoms with Gasteiger partial charge < -0.3 is 5.32 Å². The van der Waals surface area contributed by atoms with Gasteiger partial charge >= 0.3 is 0 Å². The monoisotopic (exact) mass is 312 g/mol. The maximum absolute atomic E-state index is 6.21. The van der Waals surface area contributed by atoms with Gasteiger partial charge in [0.2, 0.25) is 0 Å². The summed E-state index contributed by atoms with van der Waals surface area (Å²) in [5.74, 6) is 0.894. The van der Waals surface area contributed by atoms with E-state index in [4.69, 9.17) is 23.2 Å². The van der Waals surface area contributed by atoms with Gasteiger partial charge in [0, 0.05) is 23.3 Å². The molecule has 2 aromatic rings. The lowest BCUT2D eigenvalue weighted by molar-refractivity contribution is 0.637. The van der Waals surface area contributed by atoms with Crippen LogP contribution in [0.5, 0.6) is 0 Å². The van der Waals surface area contributed by atoms with Gasteiger partial charge in [0.05, 0.1) is 9.90 Å². The van der Waals surface area contributed by atoms with Gasteiger partial charge in [0.25, 0.3) is 0 Å². The number of benzene rings is 1. The maximum Gasteiger partial charge on any atom is 0.107 e. The molecule has 0 spiro atoms. The van der Waals surface area contributed by atoms with Gasteiger partial charge in [0.15, 0.2) is 0 Å². The molecular weight excluding hydrogens is 299 g/mol. The van der Waals surface area contributed by atoms with Crippen LogP contribution in [0.2, 0.25) is 10.0 Å². The number of nitrogens with one attached hydrogen (secondary N) is 1. The van der Waals surface area contributed by atoms with Crippen molar-refractivity contribution >= 4 is 34.5 Å². The fraction of sp³-hybridized carbons (Fsp3) is 0.357. The topological polar surface area (TPSA) is 24.9 Å². The van der Waals surface area contributed by atoms with E-state index in [9.17, 15) is 0 Å². The van der Waals surface area contributed by atoms with Crippen LogP contribution >= 0.6 is 34.5 Å². The third-order valence-electron chi connectivity index (χ3n) is 3.16. The van der Waals surface area contributed by atoms with Crippen LogP contribution in [-0.4, -0.2) is 11.5 Å². The van der Waals surface area contributed by atoms with Crippen molar-refractivity contribution in [1.82, 2.24) is 10.3 Å². The number of rotatable bonds is 5. The van der Waals surface area contributed by atoms with E-state index in [0.29, 0.717) is 10.0 Å². The van der Waals surface area contributed by atoms with Gasteiger partial charge in [-0.25, -0.2) is 4.98 Å². The molecule has 1 aromatic carbocycles. The van der Waals surface area contributed by atoms with Crippen molar-refractivity contribution in [2.45, 2.75) is 19.4 Å². The minimum atomic E-state index is 0.657. The molecule has 0 unspecified atom stereocenters. The van der Waals surface area contributed by atoms with Gasteiger partial charge in [-0.05, 0) is 37.4 Å². The first-order valence-corrected chi connectivity index (χ1v) is 7.90. The van der Waals surface area contributed by atoms with Gasteiger partial charge in [-0.1, -0.05) is 29.3 Å². The Balaban J connectivity index is 1.68. The molecule has 19 heavy (non-hydrogen) atoms. The quantitative estimate of drug-likeness (QED) is 0.871. The van der Waals surface area contributed by atoms with Gasteiger partial charge in [-0.15, -0.1) is 11.3 Å². The van der Waals surface area contributed by atoms with Gasteiger partial charge in [0.1, 0.15) is 5.01 Å². The lowest BCUT2D eigenvalue weighted by Crippen LogP contribution is -2.15. The number of thiazole rings is 1. The normalized spacial score (nSPS) is 14.8. The molecule has 1 heterocycles. The number of hydrogen-bond acceptors (Lipinski definition) is 3. The lowest BCUT2D eigenvalue weighted by Gasteiger charge is -2.01. The van der Waals surface area contributed by atoms with Crippen LogP contribution in [0.1, 0.15) is 17.8 Å². The van der Waals surface area contributed by atoms with Crippen molar-refractivity contribution in [2.24, 2.45) is 5.92 Å². The van der Waals surface area contributed by atoms with Gasteiger partial charge in [-0.2, -0.15) is 0 Å². The average Bonchev–Trinajstić information content (AvgIpc) is 3.07. The summed E-state index contributed by atoms with van der Waals surface area (Å²) in [6, 6.07) is 5.57. The molecule has 0 saturated heterocycles. The van der Waals surface area contributed by atoms with Crippen molar-refractivity contribution in [3.8, 4) is 10.4 Å². The first-order chi connectivity index (χ1) is 9.22. The number of aromatic nitrogens is 1. The first kappa shape index (κ1) is 13.4. The van der Waals surface area contributed by atoms with E-state index in [-0.39, 0.29) is 0 Å². The third-order valence-corrected chi connectivity index (χ3v) is 4.73. The van der Waals surface area contributed by atoms with Crippen molar-refractivity contribution in [2.75, 3.05) is 6.54 Å². The molecule has 1 aromatic heterocycles. The molecule has 0 aliphatic heterocycles. The van der Waals surface area contributed by atoms with Gasteiger partial charge in [-0.3, -0.25) is 0 Å². The van der Waals surface area contributed by atoms with E-state index in [2.05, 4.69) is 10.3 Å². The molecule has 1 fully saturated rings. The van der Waals surface area contributed by atoms with Crippen molar-refractivity contribution in [3.63, 3.8) is 0 Å². The van der Waals surface area contributed by atoms with Crippen LogP contribution in [0.25, 0.3) is 10.4 Å². The molecule has 1 aliphatic carbocycles. The smallest absolute Gasteiger partial charge is 0.107 e. The van der Waals surface area contributed by atoms with Crippen LogP contribution < -0.4 is 5.32 Å². The molecule has 100 valence electrons. The molecule has 0 radical (unpaired) electrons. The molecule has 1 saturated carbocycles. The highest BCUT2D eigenvalue weighted by molar-refractivity contribution is 7.15. The SMILES string of the molecule is Clc1ccc(-c2cnc(CNCC3CC3)s2)c(Cl)c1. The molecule has 1 aliphatic rings. The molecule has 0 bridgehead atoms. The van der Waals surface area contributed by atoms with Crippen molar-refractivity contribution < 1.29 is 0 Å². The van der Waals surface area contributed by atoms with E-state index in [0.717, 1.165) is 34.5 Å². The summed E-state index contributed by atoms with van der Waals surface area (Å²) in [7, 11) is 0. The zero-order chi connectivity index (χ0) is 13.2. The highest BCUT2D eigenvalue weighted by Crippen LogP contribution is 2.34. The minimum absolute atomic E-state index is 0.657. The minimum Gasteiger partial charge on any atom is -0.310 e.